The van der Waals surface area contributed by atoms with Gasteiger partial charge < -0.3 is 5.73 Å². The number of anilines is 1. The number of nitrogens with two attached hydrogens (primary N) is 1. The zero-order chi connectivity index (χ0) is 17.8. The van der Waals surface area contributed by atoms with Crippen LogP contribution in [-0.4, -0.2) is 28.4 Å². The first-order valence-corrected chi connectivity index (χ1v) is 9.79. The Morgan fingerprint density at radius 1 is 1.32 bits per heavy atom. The molecular weight excluding hydrogens is 424 g/mol. The van der Waals surface area contributed by atoms with E-state index in [0.29, 0.717) is 5.69 Å². The lowest BCUT2D eigenvalue weighted by Crippen LogP contribution is -2.31. The van der Waals surface area contributed by atoms with Crippen molar-refractivity contribution in [2.75, 3.05) is 4.90 Å². The van der Waals surface area contributed by atoms with Gasteiger partial charge in [-0.25, -0.2) is 4.90 Å². The minimum atomic E-state index is -0.586. The summed E-state index contributed by atoms with van der Waals surface area (Å²) in [5, 5.41) is 9.27. The van der Waals surface area contributed by atoms with Crippen LogP contribution in [0, 0.1) is 0 Å². The van der Waals surface area contributed by atoms with Gasteiger partial charge in [0.05, 0.1) is 11.9 Å². The molecule has 0 bridgehead atoms. The summed E-state index contributed by atoms with van der Waals surface area (Å²) in [7, 11) is 0. The molecule has 1 unspecified atom stereocenters. The molecule has 0 saturated carbocycles. The highest BCUT2D eigenvalue weighted by atomic mass is 79.9. The normalized spacial score (nSPS) is 18.5. The van der Waals surface area contributed by atoms with Crippen LogP contribution in [0.25, 0.3) is 0 Å². The van der Waals surface area contributed by atoms with Gasteiger partial charge in [0, 0.05) is 15.8 Å². The van der Waals surface area contributed by atoms with Crippen molar-refractivity contribution in [1.29, 1.82) is 0 Å². The van der Waals surface area contributed by atoms with Crippen LogP contribution >= 0.6 is 39.0 Å². The Bertz CT molecular complexity index is 834. The van der Waals surface area contributed by atoms with Gasteiger partial charge in [0.15, 0.2) is 5.17 Å². The second kappa shape index (κ2) is 7.94. The second-order valence-corrected chi connectivity index (χ2v) is 8.17. The second-order valence-electron chi connectivity index (χ2n) is 5.05. The highest BCUT2D eigenvalue weighted by molar-refractivity contribution is 9.10. The van der Waals surface area contributed by atoms with Gasteiger partial charge >= 0.3 is 0 Å². The summed E-state index contributed by atoms with van der Waals surface area (Å²) in [6.07, 6.45) is 1.68. The van der Waals surface area contributed by atoms with E-state index in [0.717, 1.165) is 21.1 Å². The molecule has 0 aliphatic carbocycles. The third-order valence-corrected chi connectivity index (χ3v) is 5.65. The number of imide groups is 1. The zero-order valence-electron chi connectivity index (χ0n) is 12.8. The smallest absolute Gasteiger partial charge is 0.247 e. The maximum Gasteiger partial charge on any atom is 0.247 e. The monoisotopic (exact) mass is 436 g/mol. The number of thiophene rings is 1. The van der Waals surface area contributed by atoms with E-state index >= 15 is 0 Å². The Hall–Kier alpha value is -1.97. The van der Waals surface area contributed by atoms with Crippen LogP contribution in [0.4, 0.5) is 5.69 Å². The lowest BCUT2D eigenvalue weighted by atomic mass is 10.3. The third kappa shape index (κ3) is 4.36. The fourth-order valence-electron chi connectivity index (χ4n) is 2.23. The number of nitrogens with zero attached hydrogens (tertiary/aromatic N) is 3. The molecule has 6 nitrogen and oxygen atoms in total. The number of hydrogen-bond acceptors (Lipinski definition) is 6. The van der Waals surface area contributed by atoms with E-state index in [-0.39, 0.29) is 23.4 Å². The number of rotatable bonds is 4. The lowest BCUT2D eigenvalue weighted by molar-refractivity contribution is -0.121. The molecule has 1 atom stereocenters. The maximum atomic E-state index is 12.5. The summed E-state index contributed by atoms with van der Waals surface area (Å²) < 4.78 is 0.876. The first kappa shape index (κ1) is 17.8. The van der Waals surface area contributed by atoms with Gasteiger partial charge in [0.2, 0.25) is 11.8 Å². The van der Waals surface area contributed by atoms with Gasteiger partial charge in [-0.3, -0.25) is 9.59 Å². The highest BCUT2D eigenvalue weighted by Crippen LogP contribution is 2.30. The third-order valence-electron chi connectivity index (χ3n) is 3.34. The molecule has 128 valence electrons. The fourth-order valence-corrected chi connectivity index (χ4v) is 3.90. The molecule has 1 aromatic heterocycles. The van der Waals surface area contributed by atoms with E-state index in [1.54, 1.807) is 30.5 Å². The van der Waals surface area contributed by atoms with Crippen LogP contribution < -0.4 is 10.6 Å². The first-order valence-electron chi connectivity index (χ1n) is 7.23. The van der Waals surface area contributed by atoms with E-state index in [9.17, 15) is 9.59 Å². The van der Waals surface area contributed by atoms with Crippen molar-refractivity contribution in [2.45, 2.75) is 11.7 Å². The average Bonchev–Trinajstić information content (AvgIpc) is 3.18. The number of halogens is 1. The van der Waals surface area contributed by atoms with Crippen molar-refractivity contribution < 1.29 is 9.59 Å². The predicted molar refractivity (Wildman–Crippen MR) is 106 cm³/mol. The molecular formula is C16H13BrN4O2S2. The Kier molecular flexibility index (Phi) is 5.67. The van der Waals surface area contributed by atoms with E-state index in [1.807, 2.05) is 17.5 Å². The number of hydrogen-bond donors (Lipinski definition) is 1. The average molecular weight is 437 g/mol. The van der Waals surface area contributed by atoms with Crippen molar-refractivity contribution in [3.05, 3.63) is 51.1 Å². The van der Waals surface area contributed by atoms with Crippen LogP contribution in [0.2, 0.25) is 0 Å². The van der Waals surface area contributed by atoms with Crippen LogP contribution in [0.15, 0.2) is 56.5 Å². The van der Waals surface area contributed by atoms with E-state index < -0.39 is 5.25 Å². The largest absolute Gasteiger partial charge is 0.377 e. The van der Waals surface area contributed by atoms with Gasteiger partial charge in [0.1, 0.15) is 5.25 Å². The molecule has 1 saturated heterocycles. The quantitative estimate of drug-likeness (QED) is 0.344. The van der Waals surface area contributed by atoms with Crippen molar-refractivity contribution >= 4 is 67.9 Å². The number of amides is 2. The summed E-state index contributed by atoms with van der Waals surface area (Å²) in [4.78, 5) is 26.9. The first-order chi connectivity index (χ1) is 12.0. The van der Waals surface area contributed by atoms with E-state index in [4.69, 9.17) is 5.73 Å². The zero-order valence-corrected chi connectivity index (χ0v) is 16.1. The van der Waals surface area contributed by atoms with E-state index in [2.05, 4.69) is 26.1 Å². The molecule has 1 aliphatic heterocycles. The molecule has 2 N–H and O–H groups in total. The van der Waals surface area contributed by atoms with Gasteiger partial charge in [-0.05, 0) is 35.7 Å². The SMILES string of the molecule is N/C(=N\N=Cc1cccs1)SC1CC(=O)N(c2ccc(Br)cc2)C1=O. The number of thioether (sulfide) groups is 1. The van der Waals surface area contributed by atoms with E-state index in [1.165, 1.54) is 16.2 Å². The summed E-state index contributed by atoms with van der Waals surface area (Å²) in [6.45, 7) is 0. The number of benzene rings is 1. The van der Waals surface area contributed by atoms with Crippen molar-refractivity contribution in [1.82, 2.24) is 0 Å². The van der Waals surface area contributed by atoms with Gasteiger partial charge in [0.25, 0.3) is 0 Å². The van der Waals surface area contributed by atoms with Crippen LogP contribution in [0.5, 0.6) is 0 Å². The van der Waals surface area contributed by atoms with Crippen molar-refractivity contribution in [3.8, 4) is 0 Å². The molecule has 2 heterocycles. The molecule has 25 heavy (non-hydrogen) atoms. The number of amidine groups is 1. The molecule has 2 amide bonds. The Morgan fingerprint density at radius 2 is 2.08 bits per heavy atom. The topological polar surface area (TPSA) is 88.1 Å². The Labute approximate surface area is 160 Å². The Morgan fingerprint density at radius 3 is 2.76 bits per heavy atom. The maximum absolute atomic E-state index is 12.5. The van der Waals surface area contributed by atoms with Gasteiger partial charge in [-0.1, -0.05) is 33.8 Å². The molecule has 1 aliphatic rings. The molecule has 1 fully saturated rings. The number of carbonyl (C=O) groups excluding carboxylic acids is 2. The van der Waals surface area contributed by atoms with Crippen molar-refractivity contribution in [3.63, 3.8) is 0 Å². The summed E-state index contributed by atoms with van der Waals surface area (Å²) in [5.41, 5.74) is 6.37. The minimum absolute atomic E-state index is 0.0877. The molecule has 1 aromatic carbocycles. The van der Waals surface area contributed by atoms with Gasteiger partial charge in [-0.15, -0.1) is 16.4 Å². The Balaban J connectivity index is 1.66. The van der Waals surface area contributed by atoms with Crippen LogP contribution in [0.3, 0.4) is 0 Å². The predicted octanol–water partition coefficient (Wildman–Crippen LogP) is 3.22. The molecule has 0 radical (unpaired) electrons. The standard InChI is InChI=1S/C16H13BrN4O2S2/c17-10-3-5-11(6-4-10)21-14(22)8-13(15(21)23)25-16(18)20-19-9-12-2-1-7-24-12/h1-7,9,13H,8H2,(H2,18,20). The van der Waals surface area contributed by atoms with Crippen molar-refractivity contribution in [2.24, 2.45) is 15.9 Å². The van der Waals surface area contributed by atoms with Crippen LogP contribution in [0.1, 0.15) is 11.3 Å². The summed E-state index contributed by atoms with van der Waals surface area (Å²) in [6, 6.07) is 10.8. The minimum Gasteiger partial charge on any atom is -0.377 e. The molecule has 2 aromatic rings. The van der Waals surface area contributed by atoms with Gasteiger partial charge in [-0.2, -0.15) is 5.10 Å². The highest BCUT2D eigenvalue weighted by Gasteiger charge is 2.40. The number of carbonyl (C=O) groups is 2. The van der Waals surface area contributed by atoms with Crippen LogP contribution in [-0.2, 0) is 9.59 Å². The summed E-state index contributed by atoms with van der Waals surface area (Å²) in [5.74, 6) is -0.544. The summed E-state index contributed by atoms with van der Waals surface area (Å²) >= 11 is 5.92. The molecule has 9 heteroatoms. The fraction of sp³-hybridized carbons (Fsp3) is 0.125. The lowest BCUT2D eigenvalue weighted by Gasteiger charge is -2.14. The molecule has 3 rings (SSSR count). The molecule has 0 spiro atoms.